The van der Waals surface area contributed by atoms with E-state index >= 15 is 0 Å². The van der Waals surface area contributed by atoms with E-state index in [1.807, 2.05) is 42.5 Å². The van der Waals surface area contributed by atoms with Gasteiger partial charge in [-0.3, -0.25) is 14.3 Å². The molecule has 3 heterocycles. The highest BCUT2D eigenvalue weighted by Gasteiger charge is 2.33. The number of fused-ring (bicyclic) bond motifs is 1. The Hall–Kier alpha value is -3.32. The Labute approximate surface area is 171 Å². The number of carbonyl (C=O) groups excluding carboxylic acids is 1. The van der Waals surface area contributed by atoms with Gasteiger partial charge in [0.25, 0.3) is 5.56 Å². The average molecular weight is 405 g/mol. The molecule has 0 fully saturated rings. The van der Waals surface area contributed by atoms with Crippen LogP contribution in [0.1, 0.15) is 31.0 Å². The number of aromatic nitrogens is 2. The van der Waals surface area contributed by atoms with Gasteiger partial charge in [-0.25, -0.2) is 9.79 Å². The summed E-state index contributed by atoms with van der Waals surface area (Å²) in [6.07, 6.45) is 5.17. The normalized spacial score (nSPS) is 16.3. The number of hydrogen-bond acceptors (Lipinski definition) is 6. The quantitative estimate of drug-likeness (QED) is 0.624. The molecule has 6 nitrogen and oxygen atoms in total. The average Bonchev–Trinajstić information content (AvgIpc) is 3.03. The summed E-state index contributed by atoms with van der Waals surface area (Å²) in [7, 11) is 0. The second kappa shape index (κ2) is 7.97. The van der Waals surface area contributed by atoms with Crippen LogP contribution in [0.4, 0.5) is 0 Å². The van der Waals surface area contributed by atoms with Gasteiger partial charge in [-0.2, -0.15) is 0 Å². The number of ether oxygens (including phenoxy) is 1. The largest absolute Gasteiger partial charge is 0.463 e. The molecule has 0 amide bonds. The minimum Gasteiger partial charge on any atom is -0.463 e. The Morgan fingerprint density at radius 1 is 1.24 bits per heavy atom. The maximum absolute atomic E-state index is 13.3. The summed E-state index contributed by atoms with van der Waals surface area (Å²) in [5.74, 6) is -0.454. The highest BCUT2D eigenvalue weighted by molar-refractivity contribution is 7.07. The predicted molar refractivity (Wildman–Crippen MR) is 111 cm³/mol. The number of esters is 1. The molecule has 0 N–H and O–H groups in total. The van der Waals surface area contributed by atoms with Crippen molar-refractivity contribution >= 4 is 23.4 Å². The third kappa shape index (κ3) is 3.56. The minimum atomic E-state index is -0.581. The van der Waals surface area contributed by atoms with Gasteiger partial charge in [-0.05, 0) is 37.1 Å². The molecule has 1 atom stereocenters. The second-order valence-electron chi connectivity index (χ2n) is 6.50. The maximum atomic E-state index is 13.3. The van der Waals surface area contributed by atoms with Crippen LogP contribution in [-0.4, -0.2) is 22.1 Å². The van der Waals surface area contributed by atoms with Gasteiger partial charge < -0.3 is 4.74 Å². The monoisotopic (exact) mass is 405 g/mol. The first kappa shape index (κ1) is 19.0. The number of thiazole rings is 1. The fraction of sp³-hybridized carbons (Fsp3) is 0.182. The molecule has 0 spiro atoms. The van der Waals surface area contributed by atoms with E-state index in [0.29, 0.717) is 20.6 Å². The summed E-state index contributed by atoms with van der Waals surface area (Å²) < 4.78 is 7.40. The zero-order valence-corrected chi connectivity index (χ0v) is 16.8. The first-order chi connectivity index (χ1) is 14.1. The summed E-state index contributed by atoms with van der Waals surface area (Å²) in [4.78, 5) is 35.3. The Morgan fingerprint density at radius 2 is 2.03 bits per heavy atom. The van der Waals surface area contributed by atoms with Crippen molar-refractivity contribution in [3.05, 3.63) is 96.9 Å². The highest BCUT2D eigenvalue weighted by atomic mass is 32.1. The van der Waals surface area contributed by atoms with Crippen molar-refractivity contribution < 1.29 is 9.53 Å². The molecule has 1 aliphatic rings. The van der Waals surface area contributed by atoms with Gasteiger partial charge in [0.15, 0.2) is 4.80 Å². The molecule has 0 unspecified atom stereocenters. The van der Waals surface area contributed by atoms with Gasteiger partial charge in [-0.1, -0.05) is 47.7 Å². The van der Waals surface area contributed by atoms with Crippen LogP contribution >= 0.6 is 11.3 Å². The smallest absolute Gasteiger partial charge is 0.338 e. The number of nitrogens with zero attached hydrogens (tertiary/aromatic N) is 3. The van der Waals surface area contributed by atoms with E-state index in [9.17, 15) is 9.59 Å². The van der Waals surface area contributed by atoms with E-state index in [2.05, 4.69) is 9.98 Å². The Bertz CT molecular complexity index is 1260. The molecule has 7 heteroatoms. The number of rotatable bonds is 4. The molecular weight excluding hydrogens is 386 g/mol. The lowest BCUT2D eigenvalue weighted by molar-refractivity contribution is -0.139. The molecule has 1 aliphatic heterocycles. The zero-order chi connectivity index (χ0) is 20.4. The summed E-state index contributed by atoms with van der Waals surface area (Å²) in [6.45, 7) is 3.79. The Kier molecular flexibility index (Phi) is 5.22. The summed E-state index contributed by atoms with van der Waals surface area (Å²) in [5, 5.41) is 0. The number of carbonyl (C=O) groups is 1. The highest BCUT2D eigenvalue weighted by Crippen LogP contribution is 2.30. The lowest BCUT2D eigenvalue weighted by Gasteiger charge is -2.24. The van der Waals surface area contributed by atoms with Gasteiger partial charge >= 0.3 is 5.97 Å². The van der Waals surface area contributed by atoms with Crippen molar-refractivity contribution in [1.82, 2.24) is 9.55 Å². The summed E-state index contributed by atoms with van der Waals surface area (Å²) in [6, 6.07) is 12.6. The van der Waals surface area contributed by atoms with Crippen molar-refractivity contribution in [1.29, 1.82) is 0 Å². The van der Waals surface area contributed by atoms with Crippen LogP contribution in [0.2, 0.25) is 0 Å². The van der Waals surface area contributed by atoms with Crippen molar-refractivity contribution in [3.8, 4) is 0 Å². The number of pyridine rings is 1. The van der Waals surface area contributed by atoms with Crippen molar-refractivity contribution in [2.24, 2.45) is 4.99 Å². The third-order valence-electron chi connectivity index (χ3n) is 4.61. The first-order valence-corrected chi connectivity index (χ1v) is 10.1. The summed E-state index contributed by atoms with van der Waals surface area (Å²) in [5.41, 5.74) is 2.42. The molecule has 0 radical (unpaired) electrons. The standard InChI is InChI=1S/C22H19N3O3S/c1-3-28-21(27)18-14(2)24-22-25(19(18)16-9-5-4-6-10-16)20(26)17(29-22)12-15-8-7-11-23-13-15/h4-13,19H,3H2,1-2H3/b17-12+/t19-/m0/s1. The molecule has 0 bridgehead atoms. The van der Waals surface area contributed by atoms with E-state index in [-0.39, 0.29) is 12.2 Å². The van der Waals surface area contributed by atoms with Crippen LogP contribution in [0.15, 0.2) is 75.9 Å². The maximum Gasteiger partial charge on any atom is 0.338 e. The van der Waals surface area contributed by atoms with E-state index in [0.717, 1.165) is 11.1 Å². The molecule has 3 aromatic rings. The molecule has 0 aliphatic carbocycles. The first-order valence-electron chi connectivity index (χ1n) is 9.24. The lowest BCUT2D eigenvalue weighted by atomic mass is 9.96. The molecule has 0 saturated heterocycles. The van der Waals surface area contributed by atoms with Gasteiger partial charge in [0, 0.05) is 12.4 Å². The van der Waals surface area contributed by atoms with Crippen molar-refractivity contribution in [3.63, 3.8) is 0 Å². The number of benzene rings is 1. The van der Waals surface area contributed by atoms with E-state index in [4.69, 9.17) is 4.74 Å². The van der Waals surface area contributed by atoms with Crippen molar-refractivity contribution in [2.45, 2.75) is 19.9 Å². The summed E-state index contributed by atoms with van der Waals surface area (Å²) >= 11 is 1.30. The van der Waals surface area contributed by atoms with Gasteiger partial charge in [0.05, 0.1) is 28.5 Å². The van der Waals surface area contributed by atoms with E-state index in [1.165, 1.54) is 11.3 Å². The molecule has 1 aromatic carbocycles. The van der Waals surface area contributed by atoms with Crippen LogP contribution in [-0.2, 0) is 9.53 Å². The topological polar surface area (TPSA) is 73.6 Å². The third-order valence-corrected chi connectivity index (χ3v) is 5.60. The van der Waals surface area contributed by atoms with Crippen LogP contribution in [0.5, 0.6) is 0 Å². The molecule has 146 valence electrons. The van der Waals surface area contributed by atoms with Crippen LogP contribution in [0.25, 0.3) is 6.08 Å². The Balaban J connectivity index is 1.96. The van der Waals surface area contributed by atoms with E-state index in [1.54, 1.807) is 36.9 Å². The van der Waals surface area contributed by atoms with Crippen molar-refractivity contribution in [2.75, 3.05) is 6.61 Å². The van der Waals surface area contributed by atoms with E-state index < -0.39 is 12.0 Å². The molecule has 0 saturated carbocycles. The van der Waals surface area contributed by atoms with Crippen LogP contribution < -0.4 is 14.9 Å². The number of hydrogen-bond donors (Lipinski definition) is 0. The zero-order valence-electron chi connectivity index (χ0n) is 16.0. The van der Waals surface area contributed by atoms with Crippen LogP contribution in [0, 0.1) is 0 Å². The van der Waals surface area contributed by atoms with Gasteiger partial charge in [0.2, 0.25) is 0 Å². The molecular formula is C22H19N3O3S. The van der Waals surface area contributed by atoms with Gasteiger partial charge in [-0.15, -0.1) is 0 Å². The van der Waals surface area contributed by atoms with Gasteiger partial charge in [0.1, 0.15) is 0 Å². The SMILES string of the molecule is CCOC(=O)C1=C(C)N=c2s/c(=C/c3cccnc3)c(=O)n2[C@H]1c1ccccc1. The fourth-order valence-electron chi connectivity index (χ4n) is 3.35. The number of allylic oxidation sites excluding steroid dienone is 1. The van der Waals surface area contributed by atoms with Crippen LogP contribution in [0.3, 0.4) is 0 Å². The molecule has 4 rings (SSSR count). The molecule has 2 aromatic heterocycles. The second-order valence-corrected chi connectivity index (χ2v) is 7.51. The lowest BCUT2D eigenvalue weighted by Crippen LogP contribution is -2.39. The minimum absolute atomic E-state index is 0.194. The molecule has 29 heavy (non-hydrogen) atoms. The Morgan fingerprint density at radius 3 is 2.72 bits per heavy atom. The predicted octanol–water partition coefficient (Wildman–Crippen LogP) is 2.19. The fourth-order valence-corrected chi connectivity index (χ4v) is 4.40.